The predicted molar refractivity (Wildman–Crippen MR) is 57.9 cm³/mol. The third-order valence-electron chi connectivity index (χ3n) is 1.97. The summed E-state index contributed by atoms with van der Waals surface area (Å²) in [5, 5.41) is 0.229. The van der Waals surface area contributed by atoms with Crippen LogP contribution in [0.1, 0.15) is 10.4 Å². The molecule has 2 N–H and O–H groups in total. The van der Waals surface area contributed by atoms with Crippen molar-refractivity contribution in [3.05, 3.63) is 22.7 Å². The Morgan fingerprint density at radius 2 is 1.87 bits per heavy atom. The summed E-state index contributed by atoms with van der Waals surface area (Å²) in [5.41, 5.74) is 5.55. The van der Waals surface area contributed by atoms with Crippen LogP contribution >= 0.6 is 11.6 Å². The van der Waals surface area contributed by atoms with Gasteiger partial charge in [0.25, 0.3) is 0 Å². The average Bonchev–Trinajstić information content (AvgIpc) is 2.27. The van der Waals surface area contributed by atoms with Crippen molar-refractivity contribution in [2.24, 2.45) is 5.73 Å². The second-order valence-corrected chi connectivity index (χ2v) is 3.16. The first-order valence-electron chi connectivity index (χ1n) is 4.29. The van der Waals surface area contributed by atoms with Gasteiger partial charge in [-0.05, 0) is 12.1 Å². The summed E-state index contributed by atoms with van der Waals surface area (Å²) < 4.78 is 10.0. The van der Waals surface area contributed by atoms with E-state index in [9.17, 15) is 4.79 Å². The van der Waals surface area contributed by atoms with Crippen LogP contribution in [-0.4, -0.2) is 26.5 Å². The normalized spacial score (nSPS) is 9.87. The summed E-state index contributed by atoms with van der Waals surface area (Å²) >= 11 is 5.99. The summed E-state index contributed by atoms with van der Waals surface area (Å²) in [6, 6.07) is 3.25. The van der Waals surface area contributed by atoms with E-state index in [4.69, 9.17) is 26.8 Å². The highest BCUT2D eigenvalue weighted by atomic mass is 35.5. The smallest absolute Gasteiger partial charge is 0.181 e. The Bertz CT molecular complexity index is 379. The zero-order valence-electron chi connectivity index (χ0n) is 8.54. The van der Waals surface area contributed by atoms with Gasteiger partial charge in [-0.15, -0.1) is 0 Å². The van der Waals surface area contributed by atoms with E-state index in [0.717, 1.165) is 0 Å². The Morgan fingerprint density at radius 3 is 2.33 bits per heavy atom. The molecular formula is C10H12ClNO3. The summed E-state index contributed by atoms with van der Waals surface area (Å²) in [6.07, 6.45) is 0. The molecule has 5 heteroatoms. The van der Waals surface area contributed by atoms with Crippen LogP contribution in [0.15, 0.2) is 12.1 Å². The largest absolute Gasteiger partial charge is 0.496 e. The van der Waals surface area contributed by atoms with Crippen molar-refractivity contribution in [2.75, 3.05) is 20.8 Å². The summed E-state index contributed by atoms with van der Waals surface area (Å²) in [7, 11) is 2.94. The zero-order valence-corrected chi connectivity index (χ0v) is 9.30. The highest BCUT2D eigenvalue weighted by molar-refractivity contribution is 6.36. The molecule has 0 fully saturated rings. The second-order valence-electron chi connectivity index (χ2n) is 2.79. The predicted octanol–water partition coefficient (Wildman–Crippen LogP) is 1.50. The quantitative estimate of drug-likeness (QED) is 0.795. The lowest BCUT2D eigenvalue weighted by Gasteiger charge is -2.11. The number of ketones is 1. The minimum Gasteiger partial charge on any atom is -0.496 e. The number of benzene rings is 1. The molecule has 15 heavy (non-hydrogen) atoms. The minimum absolute atomic E-state index is 0.122. The maximum absolute atomic E-state index is 11.5. The van der Waals surface area contributed by atoms with Crippen LogP contribution in [0, 0.1) is 0 Å². The minimum atomic E-state index is -0.282. The van der Waals surface area contributed by atoms with Gasteiger partial charge in [-0.1, -0.05) is 11.6 Å². The van der Waals surface area contributed by atoms with Gasteiger partial charge in [-0.25, -0.2) is 0 Å². The maximum Gasteiger partial charge on any atom is 0.181 e. The van der Waals surface area contributed by atoms with Crippen LogP contribution in [0.2, 0.25) is 5.02 Å². The molecule has 0 unspecified atom stereocenters. The number of carbonyl (C=O) groups is 1. The van der Waals surface area contributed by atoms with Crippen molar-refractivity contribution in [1.82, 2.24) is 0 Å². The van der Waals surface area contributed by atoms with E-state index in [1.54, 1.807) is 12.1 Å². The van der Waals surface area contributed by atoms with Gasteiger partial charge >= 0.3 is 0 Å². The third-order valence-corrected chi connectivity index (χ3v) is 2.35. The Kier molecular flexibility index (Phi) is 3.94. The Labute approximate surface area is 92.9 Å². The Hall–Kier alpha value is -1.26. The van der Waals surface area contributed by atoms with E-state index in [0.29, 0.717) is 11.5 Å². The molecule has 0 bridgehead atoms. The number of methoxy groups -OCH3 is 2. The first kappa shape index (κ1) is 11.8. The molecular weight excluding hydrogens is 218 g/mol. The first-order valence-corrected chi connectivity index (χ1v) is 4.67. The van der Waals surface area contributed by atoms with Crippen LogP contribution in [0.3, 0.4) is 0 Å². The maximum atomic E-state index is 11.5. The van der Waals surface area contributed by atoms with Crippen LogP contribution in [0.4, 0.5) is 0 Å². The molecule has 1 aromatic rings. The number of Topliss-reactive ketones (excluding diaryl/α,β-unsaturated/α-hetero) is 1. The third kappa shape index (κ3) is 2.22. The number of hydrogen-bond donors (Lipinski definition) is 1. The van der Waals surface area contributed by atoms with Gasteiger partial charge in [0.1, 0.15) is 11.5 Å². The molecule has 0 aliphatic carbocycles. The standard InChI is InChI=1S/C10H12ClNO3/c1-14-7-3-4-8(15-2)10(11)9(7)6(13)5-12/h3-4H,5,12H2,1-2H3. The second kappa shape index (κ2) is 5.00. The first-order chi connectivity index (χ1) is 7.15. The van der Waals surface area contributed by atoms with Crippen LogP contribution in [0.25, 0.3) is 0 Å². The zero-order chi connectivity index (χ0) is 11.4. The molecule has 4 nitrogen and oxygen atoms in total. The lowest BCUT2D eigenvalue weighted by Crippen LogP contribution is -2.15. The summed E-state index contributed by atoms with van der Waals surface area (Å²) in [5.74, 6) is 0.543. The monoisotopic (exact) mass is 229 g/mol. The van der Waals surface area contributed by atoms with Gasteiger partial charge < -0.3 is 15.2 Å². The summed E-state index contributed by atoms with van der Waals surface area (Å²) in [6.45, 7) is -0.122. The van der Waals surface area contributed by atoms with Crippen molar-refractivity contribution < 1.29 is 14.3 Å². The fourth-order valence-corrected chi connectivity index (χ4v) is 1.57. The van der Waals surface area contributed by atoms with Crippen molar-refractivity contribution >= 4 is 17.4 Å². The number of halogens is 1. The van der Waals surface area contributed by atoms with Gasteiger partial charge in [0.05, 0.1) is 31.4 Å². The Morgan fingerprint density at radius 1 is 1.33 bits per heavy atom. The Balaban J connectivity index is 3.35. The molecule has 0 amide bonds. The fraction of sp³-hybridized carbons (Fsp3) is 0.300. The number of nitrogens with two attached hydrogens (primary N) is 1. The molecule has 0 aliphatic heterocycles. The van der Waals surface area contributed by atoms with Crippen molar-refractivity contribution in [2.45, 2.75) is 0 Å². The van der Waals surface area contributed by atoms with Crippen molar-refractivity contribution in [3.63, 3.8) is 0 Å². The van der Waals surface area contributed by atoms with Crippen LogP contribution in [0.5, 0.6) is 11.5 Å². The molecule has 0 aliphatic rings. The van der Waals surface area contributed by atoms with Gasteiger partial charge in [0.15, 0.2) is 5.78 Å². The van der Waals surface area contributed by atoms with Crippen LogP contribution in [-0.2, 0) is 0 Å². The molecule has 0 heterocycles. The summed E-state index contributed by atoms with van der Waals surface area (Å²) in [4.78, 5) is 11.5. The number of rotatable bonds is 4. The topological polar surface area (TPSA) is 61.5 Å². The number of carbonyl (C=O) groups excluding carboxylic acids is 1. The molecule has 0 atom stereocenters. The van der Waals surface area contributed by atoms with Gasteiger partial charge in [0, 0.05) is 0 Å². The molecule has 0 spiro atoms. The number of hydrogen-bond acceptors (Lipinski definition) is 4. The molecule has 0 saturated carbocycles. The van der Waals surface area contributed by atoms with E-state index in [2.05, 4.69) is 0 Å². The van der Waals surface area contributed by atoms with E-state index in [1.807, 2.05) is 0 Å². The van der Waals surface area contributed by atoms with Gasteiger partial charge in [-0.2, -0.15) is 0 Å². The molecule has 1 aromatic carbocycles. The number of ether oxygens (including phenoxy) is 2. The highest BCUT2D eigenvalue weighted by Gasteiger charge is 2.18. The lowest BCUT2D eigenvalue weighted by molar-refractivity contribution is 0.0998. The SMILES string of the molecule is COc1ccc(OC)c(C(=O)CN)c1Cl. The lowest BCUT2D eigenvalue weighted by atomic mass is 10.1. The van der Waals surface area contributed by atoms with Crippen LogP contribution < -0.4 is 15.2 Å². The fourth-order valence-electron chi connectivity index (χ4n) is 1.23. The molecule has 1 rings (SSSR count). The van der Waals surface area contributed by atoms with Gasteiger partial charge in [-0.3, -0.25) is 4.79 Å². The molecule has 0 aromatic heterocycles. The van der Waals surface area contributed by atoms with E-state index >= 15 is 0 Å². The molecule has 0 radical (unpaired) electrons. The van der Waals surface area contributed by atoms with Crippen molar-refractivity contribution in [3.8, 4) is 11.5 Å². The van der Waals surface area contributed by atoms with Gasteiger partial charge in [0.2, 0.25) is 0 Å². The molecule has 82 valence electrons. The van der Waals surface area contributed by atoms with E-state index in [1.165, 1.54) is 14.2 Å². The van der Waals surface area contributed by atoms with E-state index in [-0.39, 0.29) is 22.9 Å². The van der Waals surface area contributed by atoms with E-state index < -0.39 is 0 Å². The van der Waals surface area contributed by atoms with Crippen molar-refractivity contribution in [1.29, 1.82) is 0 Å². The highest BCUT2D eigenvalue weighted by Crippen LogP contribution is 2.34. The molecule has 0 saturated heterocycles. The average molecular weight is 230 g/mol.